The summed E-state index contributed by atoms with van der Waals surface area (Å²) in [4.78, 5) is 3.78. The highest BCUT2D eigenvalue weighted by atomic mass is 16.5. The molecule has 0 atom stereocenters. The van der Waals surface area contributed by atoms with Crippen LogP contribution in [-0.4, -0.2) is 23.3 Å². The van der Waals surface area contributed by atoms with Gasteiger partial charge < -0.3 is 15.6 Å². The van der Waals surface area contributed by atoms with E-state index in [1.165, 1.54) is 0 Å². The third-order valence-corrected chi connectivity index (χ3v) is 1.11. The fourth-order valence-corrected chi connectivity index (χ4v) is 0.681. The predicted octanol–water partition coefficient (Wildman–Crippen LogP) is 0.0349. The van der Waals surface area contributed by atoms with Crippen molar-refractivity contribution >= 4 is 5.82 Å². The molecule has 0 bridgehead atoms. The Balaban J connectivity index is 2.56. The van der Waals surface area contributed by atoms with Gasteiger partial charge in [0.05, 0.1) is 6.61 Å². The van der Waals surface area contributed by atoms with Crippen LogP contribution in [0.3, 0.4) is 0 Å². The summed E-state index contributed by atoms with van der Waals surface area (Å²) in [7, 11) is 0. The zero-order valence-electron chi connectivity index (χ0n) is 6.03. The molecule has 0 radical (unpaired) electrons. The Labute approximate surface area is 64.6 Å². The van der Waals surface area contributed by atoms with Crippen LogP contribution < -0.4 is 10.5 Å². The lowest BCUT2D eigenvalue weighted by molar-refractivity contribution is 0.201. The van der Waals surface area contributed by atoms with Gasteiger partial charge in [0.25, 0.3) is 0 Å². The molecule has 0 amide bonds. The van der Waals surface area contributed by atoms with E-state index in [-0.39, 0.29) is 13.2 Å². The van der Waals surface area contributed by atoms with Crippen LogP contribution in [0.15, 0.2) is 18.3 Å². The van der Waals surface area contributed by atoms with Gasteiger partial charge in [-0.3, -0.25) is 0 Å². The van der Waals surface area contributed by atoms with Gasteiger partial charge in [-0.05, 0) is 6.07 Å². The number of hydrogen-bond donors (Lipinski definition) is 2. The van der Waals surface area contributed by atoms with E-state index in [1.807, 2.05) is 0 Å². The molecule has 4 nitrogen and oxygen atoms in total. The van der Waals surface area contributed by atoms with E-state index < -0.39 is 0 Å². The Morgan fingerprint density at radius 2 is 2.45 bits per heavy atom. The number of aliphatic hydroxyl groups excluding tert-OH is 1. The summed E-state index contributed by atoms with van der Waals surface area (Å²) in [5.41, 5.74) is 5.38. The Bertz CT molecular complexity index is 227. The molecule has 0 spiro atoms. The van der Waals surface area contributed by atoms with Gasteiger partial charge in [-0.15, -0.1) is 0 Å². The van der Waals surface area contributed by atoms with Gasteiger partial charge in [0, 0.05) is 12.3 Å². The smallest absolute Gasteiger partial charge is 0.126 e. The third-order valence-electron chi connectivity index (χ3n) is 1.11. The molecule has 1 aromatic rings. The molecule has 1 aromatic heterocycles. The van der Waals surface area contributed by atoms with E-state index in [9.17, 15) is 0 Å². The first-order chi connectivity index (χ1) is 5.33. The number of aliphatic hydroxyl groups is 1. The van der Waals surface area contributed by atoms with Crippen LogP contribution in [0.4, 0.5) is 5.82 Å². The summed E-state index contributed by atoms with van der Waals surface area (Å²) < 4.78 is 5.07. The van der Waals surface area contributed by atoms with E-state index >= 15 is 0 Å². The predicted molar refractivity (Wildman–Crippen MR) is 41.2 cm³/mol. The maximum absolute atomic E-state index is 8.42. The number of nitrogen functional groups attached to an aromatic ring is 1. The first-order valence-electron chi connectivity index (χ1n) is 3.28. The Morgan fingerprint density at radius 3 is 3.09 bits per heavy atom. The maximum Gasteiger partial charge on any atom is 0.126 e. The largest absolute Gasteiger partial charge is 0.491 e. The average Bonchev–Trinajstić information content (AvgIpc) is 2.01. The Hall–Kier alpha value is -1.29. The van der Waals surface area contributed by atoms with Crippen molar-refractivity contribution in [2.24, 2.45) is 0 Å². The van der Waals surface area contributed by atoms with Crippen LogP contribution in [0.1, 0.15) is 0 Å². The van der Waals surface area contributed by atoms with Crippen LogP contribution in [0.2, 0.25) is 0 Å². The number of hydrogen-bond acceptors (Lipinski definition) is 4. The lowest BCUT2D eigenvalue weighted by Crippen LogP contribution is -2.02. The zero-order valence-corrected chi connectivity index (χ0v) is 6.03. The SMILES string of the molecule is Nc1cc(OCCO)ccn1. The second kappa shape index (κ2) is 3.78. The van der Waals surface area contributed by atoms with Crippen molar-refractivity contribution in [2.45, 2.75) is 0 Å². The van der Waals surface area contributed by atoms with Crippen molar-refractivity contribution in [3.63, 3.8) is 0 Å². The Morgan fingerprint density at radius 1 is 1.64 bits per heavy atom. The molecule has 3 N–H and O–H groups in total. The molecule has 11 heavy (non-hydrogen) atoms. The number of nitrogens with zero attached hydrogens (tertiary/aromatic N) is 1. The standard InChI is InChI=1S/C7H10N2O2/c8-7-5-6(1-2-9-7)11-4-3-10/h1-2,5,10H,3-4H2,(H2,8,9). The molecule has 0 saturated heterocycles. The molecule has 0 aliphatic carbocycles. The van der Waals surface area contributed by atoms with Gasteiger partial charge in [0.1, 0.15) is 18.2 Å². The van der Waals surface area contributed by atoms with Crippen molar-refractivity contribution in [3.05, 3.63) is 18.3 Å². The van der Waals surface area contributed by atoms with Gasteiger partial charge >= 0.3 is 0 Å². The first-order valence-corrected chi connectivity index (χ1v) is 3.28. The molecule has 0 aliphatic heterocycles. The second-order valence-electron chi connectivity index (χ2n) is 1.99. The van der Waals surface area contributed by atoms with Gasteiger partial charge in [0.2, 0.25) is 0 Å². The summed E-state index contributed by atoms with van der Waals surface area (Å²) in [5, 5.41) is 8.42. The minimum absolute atomic E-state index is 0.00221. The van der Waals surface area contributed by atoms with Gasteiger partial charge in [0.15, 0.2) is 0 Å². The third kappa shape index (κ3) is 2.43. The number of ether oxygens (including phenoxy) is 1. The highest BCUT2D eigenvalue weighted by Crippen LogP contribution is 2.10. The number of nitrogens with two attached hydrogens (primary N) is 1. The van der Waals surface area contributed by atoms with Crippen molar-refractivity contribution in [1.29, 1.82) is 0 Å². The fraction of sp³-hybridized carbons (Fsp3) is 0.286. The minimum atomic E-state index is 0.00221. The molecule has 0 aromatic carbocycles. The first kappa shape index (κ1) is 7.81. The molecule has 0 unspecified atom stereocenters. The fourth-order valence-electron chi connectivity index (χ4n) is 0.681. The minimum Gasteiger partial charge on any atom is -0.491 e. The van der Waals surface area contributed by atoms with Gasteiger partial charge in [-0.25, -0.2) is 4.98 Å². The van der Waals surface area contributed by atoms with E-state index in [2.05, 4.69) is 4.98 Å². The molecule has 60 valence electrons. The highest BCUT2D eigenvalue weighted by Gasteiger charge is 1.92. The average molecular weight is 154 g/mol. The lowest BCUT2D eigenvalue weighted by atomic mass is 10.4. The lowest BCUT2D eigenvalue weighted by Gasteiger charge is -2.02. The van der Waals surface area contributed by atoms with Crippen LogP contribution in [0.5, 0.6) is 5.75 Å². The Kier molecular flexibility index (Phi) is 2.68. The molecule has 1 heterocycles. The van der Waals surface area contributed by atoms with Gasteiger partial charge in [-0.2, -0.15) is 0 Å². The van der Waals surface area contributed by atoms with Crippen LogP contribution >= 0.6 is 0 Å². The van der Waals surface area contributed by atoms with E-state index in [0.29, 0.717) is 11.6 Å². The summed E-state index contributed by atoms with van der Waals surface area (Å²) in [6.45, 7) is 0.283. The summed E-state index contributed by atoms with van der Waals surface area (Å²) in [6.07, 6.45) is 1.56. The molecule has 1 rings (SSSR count). The summed E-state index contributed by atoms with van der Waals surface area (Å²) in [5.74, 6) is 1.05. The molecule has 0 aliphatic rings. The quantitative estimate of drug-likeness (QED) is 0.644. The van der Waals surface area contributed by atoms with Crippen molar-refractivity contribution in [3.8, 4) is 5.75 Å². The van der Waals surface area contributed by atoms with E-state index in [4.69, 9.17) is 15.6 Å². The maximum atomic E-state index is 8.42. The number of anilines is 1. The molecule has 0 saturated carbocycles. The summed E-state index contributed by atoms with van der Waals surface area (Å²) in [6, 6.07) is 3.29. The number of pyridine rings is 1. The monoisotopic (exact) mass is 154 g/mol. The van der Waals surface area contributed by atoms with Crippen LogP contribution in [0.25, 0.3) is 0 Å². The van der Waals surface area contributed by atoms with Gasteiger partial charge in [-0.1, -0.05) is 0 Å². The van der Waals surface area contributed by atoms with Crippen LogP contribution in [-0.2, 0) is 0 Å². The normalized spacial score (nSPS) is 9.55. The van der Waals surface area contributed by atoms with Crippen molar-refractivity contribution in [1.82, 2.24) is 4.98 Å². The van der Waals surface area contributed by atoms with Crippen molar-refractivity contribution < 1.29 is 9.84 Å². The van der Waals surface area contributed by atoms with Crippen LogP contribution in [0, 0.1) is 0 Å². The number of rotatable bonds is 3. The molecular weight excluding hydrogens is 144 g/mol. The second-order valence-corrected chi connectivity index (χ2v) is 1.99. The van der Waals surface area contributed by atoms with Crippen molar-refractivity contribution in [2.75, 3.05) is 18.9 Å². The van der Waals surface area contributed by atoms with E-state index in [0.717, 1.165) is 0 Å². The summed E-state index contributed by atoms with van der Waals surface area (Å²) >= 11 is 0. The molecule has 0 fully saturated rings. The highest BCUT2D eigenvalue weighted by molar-refractivity contribution is 5.35. The zero-order chi connectivity index (χ0) is 8.10. The molecular formula is C7H10N2O2. The molecule has 4 heteroatoms. The number of aromatic nitrogens is 1. The topological polar surface area (TPSA) is 68.4 Å². The van der Waals surface area contributed by atoms with E-state index in [1.54, 1.807) is 18.3 Å².